The minimum absolute atomic E-state index is 0.123. The lowest BCUT2D eigenvalue weighted by Gasteiger charge is -2.19. The molecule has 0 aliphatic carbocycles. The van der Waals surface area contributed by atoms with Gasteiger partial charge in [0.25, 0.3) is 0 Å². The fraction of sp³-hybridized carbons (Fsp3) is 0.148. The van der Waals surface area contributed by atoms with Gasteiger partial charge >= 0.3 is 0 Å². The van der Waals surface area contributed by atoms with E-state index in [9.17, 15) is 13.6 Å². The summed E-state index contributed by atoms with van der Waals surface area (Å²) in [6.07, 6.45) is 1.70. The van der Waals surface area contributed by atoms with E-state index >= 15 is 0 Å². The van der Waals surface area contributed by atoms with Crippen LogP contribution in [-0.2, 0) is 0 Å². The average molecular weight is 521 g/mol. The number of anilines is 1. The Morgan fingerprint density at radius 1 is 1.03 bits per heavy atom. The number of aryl methyl sites for hydroxylation is 2. The van der Waals surface area contributed by atoms with Crippen molar-refractivity contribution in [3.63, 3.8) is 0 Å². The number of ether oxygens (including phenoxy) is 1. The van der Waals surface area contributed by atoms with Gasteiger partial charge < -0.3 is 18.4 Å². The highest BCUT2D eigenvalue weighted by Gasteiger charge is 2.17. The fourth-order valence-electron chi connectivity index (χ4n) is 3.89. The first kappa shape index (κ1) is 24.5. The van der Waals surface area contributed by atoms with E-state index < -0.39 is 11.6 Å². The van der Waals surface area contributed by atoms with Crippen LogP contribution in [0.1, 0.15) is 18.4 Å². The summed E-state index contributed by atoms with van der Waals surface area (Å²) in [7, 11) is 0. The summed E-state index contributed by atoms with van der Waals surface area (Å²) in [6, 6.07) is 13.7. The number of nitrogens with one attached hydrogen (secondary N) is 1. The molecule has 0 fully saturated rings. The molecule has 3 aromatic carbocycles. The van der Waals surface area contributed by atoms with Gasteiger partial charge in [-0.25, -0.2) is 8.78 Å². The Morgan fingerprint density at radius 2 is 1.84 bits per heavy atom. The van der Waals surface area contributed by atoms with E-state index in [-0.39, 0.29) is 11.2 Å². The standard InChI is InChI=1S/C27H22F2N4O3S/c1-4-37-32-19-7-10-25(36-24-9-6-18(28)12-21(24)29)23(13-19)33-14-15(2)26(34)20-8-5-17(11-22(20)33)27-31-30-16(3)35-27/h5-14,32H,4H2,1-3H3. The van der Waals surface area contributed by atoms with Gasteiger partial charge in [0, 0.05) is 47.1 Å². The summed E-state index contributed by atoms with van der Waals surface area (Å²) in [4.78, 5) is 13.0. The third-order valence-corrected chi connectivity index (χ3v) is 6.29. The monoisotopic (exact) mass is 520 g/mol. The lowest BCUT2D eigenvalue weighted by atomic mass is 10.1. The zero-order chi connectivity index (χ0) is 26.1. The van der Waals surface area contributed by atoms with Crippen LogP contribution in [0.2, 0.25) is 0 Å². The van der Waals surface area contributed by atoms with Crippen molar-refractivity contribution >= 4 is 28.5 Å². The van der Waals surface area contributed by atoms with Gasteiger partial charge in [-0.2, -0.15) is 0 Å². The van der Waals surface area contributed by atoms with Crippen molar-refractivity contribution in [1.29, 1.82) is 0 Å². The fourth-order valence-corrected chi connectivity index (χ4v) is 4.33. The third kappa shape index (κ3) is 4.92. The molecule has 5 aromatic rings. The van der Waals surface area contributed by atoms with Crippen LogP contribution >= 0.6 is 11.9 Å². The first-order valence-electron chi connectivity index (χ1n) is 11.5. The summed E-state index contributed by atoms with van der Waals surface area (Å²) in [5.74, 6) is 0.216. The zero-order valence-electron chi connectivity index (χ0n) is 20.2. The molecule has 188 valence electrons. The van der Waals surface area contributed by atoms with Gasteiger partial charge in [0.1, 0.15) is 5.82 Å². The smallest absolute Gasteiger partial charge is 0.247 e. The lowest BCUT2D eigenvalue weighted by molar-refractivity contribution is 0.436. The summed E-state index contributed by atoms with van der Waals surface area (Å²) in [5, 5.41) is 8.45. The molecule has 2 aromatic heterocycles. The summed E-state index contributed by atoms with van der Waals surface area (Å²) in [6.45, 7) is 5.44. The molecule has 7 nitrogen and oxygen atoms in total. The molecule has 1 N–H and O–H groups in total. The van der Waals surface area contributed by atoms with E-state index in [1.54, 1.807) is 54.9 Å². The second-order valence-corrected chi connectivity index (χ2v) is 9.33. The van der Waals surface area contributed by atoms with Crippen LogP contribution in [0.25, 0.3) is 28.0 Å². The third-order valence-electron chi connectivity index (χ3n) is 5.62. The quantitative estimate of drug-likeness (QED) is 0.236. The van der Waals surface area contributed by atoms with Crippen molar-refractivity contribution in [1.82, 2.24) is 14.8 Å². The molecule has 0 aliphatic rings. The predicted molar refractivity (Wildman–Crippen MR) is 140 cm³/mol. The molecule has 0 radical (unpaired) electrons. The van der Waals surface area contributed by atoms with E-state index in [1.165, 1.54) is 18.0 Å². The normalized spacial score (nSPS) is 11.2. The van der Waals surface area contributed by atoms with Crippen LogP contribution < -0.4 is 14.9 Å². The van der Waals surface area contributed by atoms with Crippen molar-refractivity contribution < 1.29 is 17.9 Å². The molecule has 5 rings (SSSR count). The number of hydrogen-bond donors (Lipinski definition) is 1. The number of pyridine rings is 1. The molecule has 0 unspecified atom stereocenters. The molecular formula is C27H22F2N4O3S. The first-order chi connectivity index (χ1) is 17.8. The van der Waals surface area contributed by atoms with Crippen LogP contribution in [0, 0.1) is 25.5 Å². The topological polar surface area (TPSA) is 82.2 Å². The molecule has 0 saturated carbocycles. The van der Waals surface area contributed by atoms with E-state index in [0.29, 0.717) is 45.2 Å². The first-order valence-corrected chi connectivity index (χ1v) is 12.4. The maximum absolute atomic E-state index is 14.5. The van der Waals surface area contributed by atoms with Crippen LogP contribution in [0.3, 0.4) is 0 Å². The Bertz CT molecular complexity index is 1680. The Kier molecular flexibility index (Phi) is 6.66. The van der Waals surface area contributed by atoms with E-state index in [2.05, 4.69) is 14.9 Å². The number of hydrogen-bond acceptors (Lipinski definition) is 7. The predicted octanol–water partition coefficient (Wildman–Crippen LogP) is 6.81. The number of aromatic nitrogens is 3. The Balaban J connectivity index is 1.74. The summed E-state index contributed by atoms with van der Waals surface area (Å²) in [5.41, 5.74) is 2.90. The molecule has 2 heterocycles. The van der Waals surface area contributed by atoms with Gasteiger partial charge in [-0.1, -0.05) is 18.9 Å². The molecule has 10 heteroatoms. The highest BCUT2D eigenvalue weighted by atomic mass is 32.2. The number of halogens is 2. The van der Waals surface area contributed by atoms with E-state index in [0.717, 1.165) is 23.6 Å². The molecule has 0 saturated heterocycles. The highest BCUT2D eigenvalue weighted by molar-refractivity contribution is 8.00. The second-order valence-electron chi connectivity index (χ2n) is 8.26. The maximum Gasteiger partial charge on any atom is 0.247 e. The molecule has 0 spiro atoms. The van der Waals surface area contributed by atoms with Gasteiger partial charge in [0.15, 0.2) is 22.7 Å². The largest absolute Gasteiger partial charge is 0.452 e. The van der Waals surface area contributed by atoms with Gasteiger partial charge in [-0.15, -0.1) is 10.2 Å². The zero-order valence-corrected chi connectivity index (χ0v) is 21.0. The Hall–Kier alpha value is -4.18. The number of fused-ring (bicyclic) bond motifs is 1. The summed E-state index contributed by atoms with van der Waals surface area (Å²) < 4.78 is 44.5. The van der Waals surface area contributed by atoms with Crippen molar-refractivity contribution in [2.75, 3.05) is 10.5 Å². The molecule has 0 amide bonds. The van der Waals surface area contributed by atoms with Crippen LogP contribution in [0.4, 0.5) is 14.5 Å². The Labute approximate surface area is 215 Å². The Morgan fingerprint density at radius 3 is 2.57 bits per heavy atom. The van der Waals surface area contributed by atoms with E-state index in [4.69, 9.17) is 9.15 Å². The molecule has 0 atom stereocenters. The van der Waals surface area contributed by atoms with Crippen LogP contribution in [0.15, 0.2) is 70.0 Å². The van der Waals surface area contributed by atoms with Gasteiger partial charge in [0.2, 0.25) is 11.8 Å². The molecular weight excluding hydrogens is 498 g/mol. The maximum atomic E-state index is 14.5. The molecule has 0 aliphatic heterocycles. The minimum atomic E-state index is -0.829. The van der Waals surface area contributed by atoms with Crippen molar-refractivity contribution in [2.45, 2.75) is 20.8 Å². The SMILES string of the molecule is CCSNc1ccc(Oc2ccc(F)cc2F)c(-n2cc(C)c(=O)c3ccc(-c4nnc(C)o4)cc32)c1. The van der Waals surface area contributed by atoms with Crippen LogP contribution in [0.5, 0.6) is 11.5 Å². The highest BCUT2D eigenvalue weighted by Crippen LogP contribution is 2.35. The number of rotatable bonds is 7. The minimum Gasteiger partial charge on any atom is -0.452 e. The summed E-state index contributed by atoms with van der Waals surface area (Å²) >= 11 is 1.51. The van der Waals surface area contributed by atoms with Crippen molar-refractivity contribution in [3.8, 4) is 28.6 Å². The van der Waals surface area contributed by atoms with Crippen molar-refractivity contribution in [2.24, 2.45) is 0 Å². The van der Waals surface area contributed by atoms with E-state index in [1.807, 2.05) is 13.0 Å². The van der Waals surface area contributed by atoms with Gasteiger partial charge in [0.05, 0.1) is 11.2 Å². The lowest BCUT2D eigenvalue weighted by Crippen LogP contribution is -2.12. The average Bonchev–Trinajstić information content (AvgIpc) is 3.33. The second kappa shape index (κ2) is 10.1. The van der Waals surface area contributed by atoms with Crippen molar-refractivity contribution in [3.05, 3.63) is 94.1 Å². The van der Waals surface area contributed by atoms with Crippen LogP contribution in [-0.4, -0.2) is 20.5 Å². The number of nitrogens with zero attached hydrogens (tertiary/aromatic N) is 3. The van der Waals surface area contributed by atoms with Gasteiger partial charge in [-0.05, 0) is 55.5 Å². The molecule has 37 heavy (non-hydrogen) atoms. The molecule has 0 bridgehead atoms. The number of benzene rings is 3. The van der Waals surface area contributed by atoms with Gasteiger partial charge in [-0.3, -0.25) is 4.79 Å².